The highest BCUT2D eigenvalue weighted by molar-refractivity contribution is 6.62. The third kappa shape index (κ3) is 9.93. The molecule has 4 aromatic carbocycles. The van der Waals surface area contributed by atoms with Crippen molar-refractivity contribution in [3.8, 4) is 11.1 Å². The second-order valence-electron chi connectivity index (χ2n) is 12.9. The van der Waals surface area contributed by atoms with Gasteiger partial charge in [0, 0.05) is 11.1 Å². The average molecular weight is 736 g/mol. The minimum atomic E-state index is -4.70. The van der Waals surface area contributed by atoms with Crippen LogP contribution in [0.3, 0.4) is 0 Å². The van der Waals surface area contributed by atoms with Crippen molar-refractivity contribution in [2.24, 2.45) is 0 Å². The molecule has 274 valence electrons. The van der Waals surface area contributed by atoms with Crippen molar-refractivity contribution in [2.75, 3.05) is 0 Å². The van der Waals surface area contributed by atoms with Gasteiger partial charge in [-0.3, -0.25) is 0 Å². The summed E-state index contributed by atoms with van der Waals surface area (Å²) in [6, 6.07) is 10.2. The Kier molecular flexibility index (Phi) is 12.3. The monoisotopic (exact) mass is 736 g/mol. The molecule has 5 rings (SSSR count). The molecule has 0 aromatic heterocycles. The minimum absolute atomic E-state index is 0.0207. The molecule has 0 bridgehead atoms. The molecule has 0 aliphatic carbocycles. The van der Waals surface area contributed by atoms with E-state index in [1.54, 1.807) is 6.92 Å². The molecule has 52 heavy (non-hydrogen) atoms. The normalized spacial score (nSPS) is 14.7. The Morgan fingerprint density at radius 3 is 1.31 bits per heavy atom. The molecule has 1 heterocycles. The van der Waals surface area contributed by atoms with Gasteiger partial charge in [0.15, 0.2) is 11.4 Å². The van der Waals surface area contributed by atoms with Gasteiger partial charge in [-0.2, -0.15) is 26.3 Å². The smallest absolute Gasteiger partial charge is 0.399 e. The molecule has 1 aliphatic rings. The van der Waals surface area contributed by atoms with Gasteiger partial charge in [-0.15, -0.1) is 0 Å². The van der Waals surface area contributed by atoms with Crippen LogP contribution in [0, 0.1) is 57.2 Å². The fourth-order valence-corrected chi connectivity index (χ4v) is 4.85. The maximum absolute atomic E-state index is 13.9. The Morgan fingerprint density at radius 2 is 0.904 bits per heavy atom. The van der Waals surface area contributed by atoms with Crippen LogP contribution < -0.4 is 5.46 Å². The van der Waals surface area contributed by atoms with E-state index in [0.29, 0.717) is 28.8 Å². The van der Waals surface area contributed by atoms with Gasteiger partial charge in [0.2, 0.25) is 0 Å². The number of hydrogen-bond acceptors (Lipinski definition) is 2. The van der Waals surface area contributed by atoms with Crippen LogP contribution in [0.5, 0.6) is 0 Å². The summed E-state index contributed by atoms with van der Waals surface area (Å²) >= 11 is 0. The van der Waals surface area contributed by atoms with Crippen molar-refractivity contribution < 1.29 is 53.2 Å². The van der Waals surface area contributed by atoms with Crippen LogP contribution in [-0.4, -0.2) is 18.3 Å². The average Bonchev–Trinajstić information content (AvgIpc) is 3.20. The molecule has 0 unspecified atom stereocenters. The number of aryl methyl sites for hydroxylation is 3. The maximum Gasteiger partial charge on any atom is 0.500 e. The van der Waals surface area contributed by atoms with Crippen molar-refractivity contribution in [3.05, 3.63) is 135 Å². The van der Waals surface area contributed by atoms with Crippen LogP contribution in [0.4, 0.5) is 55.3 Å². The van der Waals surface area contributed by atoms with Crippen molar-refractivity contribution >= 4 is 24.0 Å². The molecule has 4 nitrogen and oxygen atoms in total. The summed E-state index contributed by atoms with van der Waals surface area (Å²) in [5, 5.41) is 0. The first-order valence-corrected chi connectivity index (χ1v) is 15.2. The number of halogens is 10. The third-order valence-electron chi connectivity index (χ3n) is 8.08. The van der Waals surface area contributed by atoms with Crippen LogP contribution in [0.2, 0.25) is 0 Å². The van der Waals surface area contributed by atoms with Crippen molar-refractivity contribution in [1.29, 1.82) is 0 Å². The zero-order valence-electron chi connectivity index (χ0n) is 28.8. The van der Waals surface area contributed by atoms with Gasteiger partial charge in [0.25, 0.3) is 0 Å². The van der Waals surface area contributed by atoms with Crippen LogP contribution in [0.15, 0.2) is 60.7 Å². The van der Waals surface area contributed by atoms with Crippen LogP contribution in [0.1, 0.15) is 55.5 Å². The first-order valence-electron chi connectivity index (χ1n) is 15.2. The fourth-order valence-electron chi connectivity index (χ4n) is 4.85. The Balaban J connectivity index is 0.000000216. The Bertz CT molecular complexity index is 1980. The molecule has 0 spiro atoms. The Labute approximate surface area is 294 Å². The van der Waals surface area contributed by atoms with Gasteiger partial charge in [-0.25, -0.2) is 27.3 Å². The van der Waals surface area contributed by atoms with Gasteiger partial charge in [-0.05, 0) is 120 Å². The summed E-state index contributed by atoms with van der Waals surface area (Å²) in [6.45, 7) is 25.4. The summed E-state index contributed by atoms with van der Waals surface area (Å²) in [5.74, 6) is -3.21. The molecule has 0 amide bonds. The lowest BCUT2D eigenvalue weighted by atomic mass is 9.78. The molecule has 1 fully saturated rings. The lowest BCUT2D eigenvalue weighted by Gasteiger charge is -2.32. The van der Waals surface area contributed by atoms with Crippen LogP contribution in [-0.2, 0) is 21.7 Å². The van der Waals surface area contributed by atoms with E-state index in [0.717, 1.165) is 30.3 Å². The molecular formula is C37H31BF10N2O2. The van der Waals surface area contributed by atoms with Crippen molar-refractivity contribution in [3.63, 3.8) is 0 Å². The predicted molar refractivity (Wildman–Crippen MR) is 177 cm³/mol. The summed E-state index contributed by atoms with van der Waals surface area (Å²) < 4.78 is 142. The number of nitrogens with zero attached hydrogens (tertiary/aromatic N) is 2. The highest BCUT2D eigenvalue weighted by Gasteiger charge is 2.53. The zero-order chi connectivity index (χ0) is 39.6. The van der Waals surface area contributed by atoms with Gasteiger partial charge >= 0.3 is 19.5 Å². The lowest BCUT2D eigenvalue weighted by Crippen LogP contribution is -2.41. The van der Waals surface area contributed by atoms with Crippen LogP contribution >= 0.6 is 0 Å². The van der Waals surface area contributed by atoms with E-state index in [9.17, 15) is 43.9 Å². The largest absolute Gasteiger partial charge is 0.500 e. The Morgan fingerprint density at radius 1 is 0.538 bits per heavy atom. The summed E-state index contributed by atoms with van der Waals surface area (Å²) in [6.07, 6.45) is -9.07. The second-order valence-corrected chi connectivity index (χ2v) is 12.9. The highest BCUT2D eigenvalue weighted by Crippen LogP contribution is 2.39. The van der Waals surface area contributed by atoms with Gasteiger partial charge in [0.1, 0.15) is 23.3 Å². The quantitative estimate of drug-likeness (QED) is 0.116. The van der Waals surface area contributed by atoms with Crippen molar-refractivity contribution in [2.45, 2.75) is 72.0 Å². The van der Waals surface area contributed by atoms with E-state index >= 15 is 0 Å². The summed E-state index contributed by atoms with van der Waals surface area (Å²) in [7, 11) is -1.00. The van der Waals surface area contributed by atoms with Gasteiger partial charge < -0.3 is 9.31 Å². The molecule has 4 aromatic rings. The number of rotatable bonds is 2. The molecular weight excluding hydrogens is 705 g/mol. The topological polar surface area (TPSA) is 27.2 Å². The van der Waals surface area contributed by atoms with E-state index in [-0.39, 0.29) is 22.4 Å². The van der Waals surface area contributed by atoms with Crippen LogP contribution in [0.25, 0.3) is 20.8 Å². The Hall–Kier alpha value is -4.86. The predicted octanol–water partition coefficient (Wildman–Crippen LogP) is 11.6. The van der Waals surface area contributed by atoms with E-state index in [1.807, 2.05) is 27.7 Å². The lowest BCUT2D eigenvalue weighted by molar-refractivity contribution is -0.138. The molecule has 0 radical (unpaired) electrons. The van der Waals surface area contributed by atoms with E-state index in [1.165, 1.54) is 32.0 Å². The molecule has 0 N–H and O–H groups in total. The highest BCUT2D eigenvalue weighted by atomic mass is 19.4. The van der Waals surface area contributed by atoms with Crippen molar-refractivity contribution in [1.82, 2.24) is 0 Å². The standard InChI is InChI=1S/C15H8F5N.C13H17BF2O2.C9H6F3N/c1-8-3-12(16)14(13(17)4-8)9-5-10(15(18,19)20)7-11(6-9)21-2;1-8-6-9(15)11(10(16)7-8)14-17-12(2,3)13(4,5)18-14;1-6-3-7(9(10,11)12)5-8(4-6)13-2/h3-7H,1H3;6-7H,1-5H3;3-5H,1H3. The second kappa shape index (κ2) is 15.4. The minimum Gasteiger partial charge on any atom is -0.399 e. The van der Waals surface area contributed by atoms with Gasteiger partial charge in [0.05, 0.1) is 35.4 Å². The summed E-state index contributed by atoms with van der Waals surface area (Å²) in [4.78, 5) is 5.87. The van der Waals surface area contributed by atoms with E-state index in [4.69, 9.17) is 22.5 Å². The first-order chi connectivity index (χ1) is 23.8. The zero-order valence-corrected chi connectivity index (χ0v) is 28.8. The summed E-state index contributed by atoms with van der Waals surface area (Å²) in [5.41, 5.74) is -3.17. The third-order valence-corrected chi connectivity index (χ3v) is 8.08. The number of alkyl halides is 6. The molecule has 0 saturated carbocycles. The number of hydrogen-bond donors (Lipinski definition) is 0. The number of benzene rings is 4. The molecule has 0 atom stereocenters. The van der Waals surface area contributed by atoms with Gasteiger partial charge in [-0.1, -0.05) is 11.6 Å². The fraction of sp³-hybridized carbons (Fsp3) is 0.297. The van der Waals surface area contributed by atoms with E-state index in [2.05, 4.69) is 9.69 Å². The molecule has 15 heteroatoms. The SMILES string of the molecule is Cc1cc(F)c(B2OC(C)(C)C(C)(C)O2)c(F)c1.[C-]#[N+]c1cc(-c2c(F)cc(C)cc2F)cc(C(F)(F)F)c1.[C-]#[N+]c1cc(C)cc(C(F)(F)F)c1. The van der Waals surface area contributed by atoms with E-state index < -0.39 is 70.6 Å². The molecule has 1 saturated heterocycles. The maximum atomic E-state index is 13.9. The molecule has 1 aliphatic heterocycles. The first kappa shape index (κ1) is 41.6.